The summed E-state index contributed by atoms with van der Waals surface area (Å²) in [5.74, 6) is -0.199. The second-order valence-corrected chi connectivity index (χ2v) is 5.26. The zero-order valence-electron chi connectivity index (χ0n) is 10.4. The number of ether oxygens (including phenoxy) is 1. The molecule has 2 rings (SSSR count). The average molecular weight is 268 g/mol. The third-order valence-corrected chi connectivity index (χ3v) is 4.25. The van der Waals surface area contributed by atoms with Crippen LogP contribution in [0, 0.1) is 12.8 Å². The Labute approximate surface area is 110 Å². The lowest BCUT2D eigenvalue weighted by atomic mass is 10.1. The van der Waals surface area contributed by atoms with Gasteiger partial charge in [0.2, 0.25) is 5.91 Å². The third-order valence-electron chi connectivity index (χ3n) is 3.13. The number of hydrogen-bond acceptors (Lipinski definition) is 5. The van der Waals surface area contributed by atoms with E-state index in [1.165, 1.54) is 18.4 Å². The van der Waals surface area contributed by atoms with E-state index in [-0.39, 0.29) is 11.8 Å². The van der Waals surface area contributed by atoms with Gasteiger partial charge < -0.3 is 15.4 Å². The number of hydrogen-bond donors (Lipinski definition) is 1. The molecule has 2 N–H and O–H groups in total. The number of amides is 1. The van der Waals surface area contributed by atoms with Crippen molar-refractivity contribution in [1.82, 2.24) is 0 Å². The minimum Gasteiger partial charge on any atom is -0.465 e. The van der Waals surface area contributed by atoms with E-state index in [9.17, 15) is 9.59 Å². The van der Waals surface area contributed by atoms with Gasteiger partial charge in [0.15, 0.2) is 0 Å². The van der Waals surface area contributed by atoms with Crippen LogP contribution in [-0.2, 0) is 9.53 Å². The predicted molar refractivity (Wildman–Crippen MR) is 69.9 cm³/mol. The minimum absolute atomic E-state index is 0.0254. The lowest BCUT2D eigenvalue weighted by Crippen LogP contribution is -2.26. The van der Waals surface area contributed by atoms with E-state index in [0.717, 1.165) is 5.56 Å². The number of carbonyl (C=O) groups excluding carboxylic acids is 2. The van der Waals surface area contributed by atoms with Crippen LogP contribution in [0.1, 0.15) is 22.3 Å². The zero-order chi connectivity index (χ0) is 13.3. The van der Waals surface area contributed by atoms with Crippen molar-refractivity contribution in [3.63, 3.8) is 0 Å². The quantitative estimate of drug-likeness (QED) is 0.835. The van der Waals surface area contributed by atoms with Crippen LogP contribution in [0.2, 0.25) is 0 Å². The maximum atomic E-state index is 11.9. The van der Waals surface area contributed by atoms with Crippen LogP contribution in [0.5, 0.6) is 0 Å². The van der Waals surface area contributed by atoms with Crippen LogP contribution in [0.4, 0.5) is 5.00 Å². The molecule has 98 valence electrons. The summed E-state index contributed by atoms with van der Waals surface area (Å²) in [5, 5.41) is 2.55. The molecule has 1 saturated heterocycles. The average Bonchev–Trinajstić information content (AvgIpc) is 2.91. The molecule has 1 aromatic rings. The molecule has 1 aliphatic rings. The van der Waals surface area contributed by atoms with Crippen LogP contribution >= 0.6 is 11.3 Å². The molecule has 1 amide bonds. The van der Waals surface area contributed by atoms with Gasteiger partial charge in [-0.15, -0.1) is 11.3 Å². The molecule has 2 heterocycles. The lowest BCUT2D eigenvalue weighted by Gasteiger charge is -2.16. The van der Waals surface area contributed by atoms with E-state index in [2.05, 4.69) is 0 Å². The van der Waals surface area contributed by atoms with Gasteiger partial charge in [-0.3, -0.25) is 4.79 Å². The highest BCUT2D eigenvalue weighted by Gasteiger charge is 2.33. The van der Waals surface area contributed by atoms with Crippen LogP contribution in [0.15, 0.2) is 5.38 Å². The van der Waals surface area contributed by atoms with Gasteiger partial charge in [0.1, 0.15) is 5.00 Å². The van der Waals surface area contributed by atoms with E-state index in [0.29, 0.717) is 30.1 Å². The molecular formula is C12H16N2O3S. The van der Waals surface area contributed by atoms with E-state index in [1.54, 1.807) is 4.90 Å². The van der Waals surface area contributed by atoms with Gasteiger partial charge >= 0.3 is 5.97 Å². The molecule has 0 saturated carbocycles. The van der Waals surface area contributed by atoms with Gasteiger partial charge in [-0.25, -0.2) is 4.79 Å². The summed E-state index contributed by atoms with van der Waals surface area (Å²) in [6.45, 7) is 2.91. The fourth-order valence-corrected chi connectivity index (χ4v) is 3.19. The van der Waals surface area contributed by atoms with Gasteiger partial charge in [-0.1, -0.05) is 0 Å². The highest BCUT2D eigenvalue weighted by atomic mass is 32.1. The molecule has 5 nitrogen and oxygen atoms in total. The number of esters is 1. The highest BCUT2D eigenvalue weighted by Crippen LogP contribution is 2.35. The molecule has 0 aromatic carbocycles. The van der Waals surface area contributed by atoms with Crippen molar-refractivity contribution in [2.75, 3.05) is 25.1 Å². The van der Waals surface area contributed by atoms with Gasteiger partial charge in [0.25, 0.3) is 0 Å². The monoisotopic (exact) mass is 268 g/mol. The number of aryl methyl sites for hydroxylation is 1. The molecule has 0 bridgehead atoms. The van der Waals surface area contributed by atoms with Gasteiger partial charge in [-0.2, -0.15) is 0 Å². The van der Waals surface area contributed by atoms with E-state index in [1.807, 2.05) is 12.3 Å². The third kappa shape index (κ3) is 2.13. The molecule has 0 aliphatic carbocycles. The summed E-state index contributed by atoms with van der Waals surface area (Å²) in [6.07, 6.45) is 0.452. The highest BCUT2D eigenvalue weighted by molar-refractivity contribution is 7.15. The smallest absolute Gasteiger partial charge is 0.341 e. The summed E-state index contributed by atoms with van der Waals surface area (Å²) in [4.78, 5) is 25.3. The first-order valence-electron chi connectivity index (χ1n) is 5.75. The Hall–Kier alpha value is -1.40. The first-order valence-corrected chi connectivity index (χ1v) is 6.63. The number of rotatable bonds is 3. The molecule has 6 heteroatoms. The maximum absolute atomic E-state index is 11.9. The number of methoxy groups -OCH3 is 1. The fourth-order valence-electron chi connectivity index (χ4n) is 2.12. The van der Waals surface area contributed by atoms with Crippen molar-refractivity contribution in [2.24, 2.45) is 11.7 Å². The summed E-state index contributed by atoms with van der Waals surface area (Å²) in [6, 6.07) is 0. The standard InChI is InChI=1S/C12H16N2O3S/c1-7-6-18-11(10(7)12(16)17-2)14-5-8(4-13)3-9(14)15/h6,8H,3-5,13H2,1-2H3. The zero-order valence-corrected chi connectivity index (χ0v) is 11.3. The Bertz CT molecular complexity index is 484. The van der Waals surface area contributed by atoms with E-state index in [4.69, 9.17) is 10.5 Å². The summed E-state index contributed by atoms with van der Waals surface area (Å²) in [7, 11) is 1.34. The predicted octanol–water partition coefficient (Wildman–Crippen LogP) is 1.15. The van der Waals surface area contributed by atoms with Crippen LogP contribution in [0.3, 0.4) is 0 Å². The van der Waals surface area contributed by atoms with Gasteiger partial charge in [0.05, 0.1) is 12.7 Å². The number of nitrogens with zero attached hydrogens (tertiary/aromatic N) is 1. The SMILES string of the molecule is COC(=O)c1c(C)csc1N1CC(CN)CC1=O. The number of anilines is 1. The first-order chi connectivity index (χ1) is 8.58. The summed E-state index contributed by atoms with van der Waals surface area (Å²) in [5.41, 5.74) is 6.93. The lowest BCUT2D eigenvalue weighted by molar-refractivity contribution is -0.117. The molecule has 1 aromatic heterocycles. The van der Waals surface area contributed by atoms with Crippen molar-refractivity contribution in [3.05, 3.63) is 16.5 Å². The van der Waals surface area contributed by atoms with Crippen molar-refractivity contribution in [3.8, 4) is 0 Å². The normalized spacial score (nSPS) is 19.4. The summed E-state index contributed by atoms with van der Waals surface area (Å²) < 4.78 is 4.77. The van der Waals surface area contributed by atoms with Crippen molar-refractivity contribution in [1.29, 1.82) is 0 Å². The number of carbonyl (C=O) groups is 2. The fraction of sp³-hybridized carbons (Fsp3) is 0.500. The van der Waals surface area contributed by atoms with Crippen LogP contribution < -0.4 is 10.6 Å². The topological polar surface area (TPSA) is 72.6 Å². The number of nitrogens with two attached hydrogens (primary N) is 1. The Balaban J connectivity index is 2.34. The molecule has 0 radical (unpaired) electrons. The van der Waals surface area contributed by atoms with E-state index < -0.39 is 5.97 Å². The molecule has 1 unspecified atom stereocenters. The van der Waals surface area contributed by atoms with Gasteiger partial charge in [0, 0.05) is 13.0 Å². The Morgan fingerprint density at radius 3 is 2.94 bits per heavy atom. The van der Waals surface area contributed by atoms with Crippen LogP contribution in [-0.4, -0.2) is 32.1 Å². The first kappa shape index (κ1) is 13.0. The van der Waals surface area contributed by atoms with Crippen molar-refractivity contribution >= 4 is 28.2 Å². The second kappa shape index (κ2) is 5.07. The Morgan fingerprint density at radius 1 is 1.67 bits per heavy atom. The largest absolute Gasteiger partial charge is 0.465 e. The van der Waals surface area contributed by atoms with E-state index >= 15 is 0 Å². The number of thiophene rings is 1. The molecule has 1 atom stereocenters. The van der Waals surface area contributed by atoms with Crippen molar-refractivity contribution in [2.45, 2.75) is 13.3 Å². The molecule has 1 fully saturated rings. The maximum Gasteiger partial charge on any atom is 0.341 e. The molecule has 0 spiro atoms. The van der Waals surface area contributed by atoms with Gasteiger partial charge in [-0.05, 0) is 30.3 Å². The Kier molecular flexibility index (Phi) is 3.68. The van der Waals surface area contributed by atoms with Crippen LogP contribution in [0.25, 0.3) is 0 Å². The van der Waals surface area contributed by atoms with Crippen molar-refractivity contribution < 1.29 is 14.3 Å². The minimum atomic E-state index is -0.396. The Morgan fingerprint density at radius 2 is 2.39 bits per heavy atom. The molecule has 1 aliphatic heterocycles. The molecule has 18 heavy (non-hydrogen) atoms. The molecular weight excluding hydrogens is 252 g/mol. The summed E-state index contributed by atoms with van der Waals surface area (Å²) >= 11 is 1.40. The second-order valence-electron chi connectivity index (χ2n) is 4.40.